The summed E-state index contributed by atoms with van der Waals surface area (Å²) < 4.78 is 37.9. The van der Waals surface area contributed by atoms with Gasteiger partial charge >= 0.3 is 0 Å². The molecule has 1 aromatic heterocycles. The summed E-state index contributed by atoms with van der Waals surface area (Å²) in [6, 6.07) is 5.86. The second-order valence-electron chi connectivity index (χ2n) is 5.77. The molecule has 2 rings (SSSR count). The van der Waals surface area contributed by atoms with E-state index < -0.39 is 10.0 Å². The fraction of sp³-hybridized carbons (Fsp3) is 0.294. The van der Waals surface area contributed by atoms with Crippen molar-refractivity contribution in [3.63, 3.8) is 0 Å². The number of sulfonamides is 1. The zero-order valence-electron chi connectivity index (χ0n) is 14.1. The normalized spacial score (nSPS) is 11.6. The molecule has 5 nitrogen and oxygen atoms in total. The van der Waals surface area contributed by atoms with Crippen LogP contribution in [0.4, 0.5) is 10.3 Å². The number of rotatable bonds is 5. The number of benzene rings is 1. The van der Waals surface area contributed by atoms with E-state index in [0.29, 0.717) is 22.5 Å². The summed E-state index contributed by atoms with van der Waals surface area (Å²) in [5.74, 6) is -0.247. The van der Waals surface area contributed by atoms with Gasteiger partial charge in [-0.05, 0) is 30.2 Å². The number of aromatic nitrogens is 2. The van der Waals surface area contributed by atoms with Crippen LogP contribution in [-0.2, 0) is 10.0 Å². The smallest absolute Gasteiger partial charge is 0.239 e. The number of halogens is 1. The van der Waals surface area contributed by atoms with E-state index >= 15 is 0 Å². The second kappa shape index (κ2) is 6.68. The van der Waals surface area contributed by atoms with Gasteiger partial charge in [0, 0.05) is 18.2 Å². The van der Waals surface area contributed by atoms with E-state index in [2.05, 4.69) is 16.5 Å². The van der Waals surface area contributed by atoms with Crippen molar-refractivity contribution in [1.29, 1.82) is 0 Å². The van der Waals surface area contributed by atoms with Gasteiger partial charge in [0.05, 0.1) is 17.6 Å². The fourth-order valence-electron chi connectivity index (χ4n) is 2.23. The topological polar surface area (TPSA) is 63.2 Å². The summed E-state index contributed by atoms with van der Waals surface area (Å²) in [5.41, 5.74) is 2.58. The molecular weight excluding hydrogens is 329 g/mol. The molecule has 0 aliphatic heterocycles. The lowest BCUT2D eigenvalue weighted by Crippen LogP contribution is -2.27. The molecule has 0 unspecified atom stereocenters. The van der Waals surface area contributed by atoms with Crippen molar-refractivity contribution in [3.8, 4) is 11.3 Å². The summed E-state index contributed by atoms with van der Waals surface area (Å²) in [6.45, 7) is 7.72. The largest absolute Gasteiger partial charge is 0.241 e. The summed E-state index contributed by atoms with van der Waals surface area (Å²) in [4.78, 5) is 8.80. The molecule has 1 aromatic carbocycles. The average Bonchev–Trinajstić information content (AvgIpc) is 2.52. The Morgan fingerprint density at radius 2 is 1.79 bits per heavy atom. The molecule has 0 aliphatic rings. The lowest BCUT2D eigenvalue weighted by Gasteiger charge is -2.20. The number of nitrogens with zero attached hydrogens (tertiary/aromatic N) is 3. The van der Waals surface area contributed by atoms with Gasteiger partial charge in [-0.1, -0.05) is 26.5 Å². The summed E-state index contributed by atoms with van der Waals surface area (Å²) in [6.07, 6.45) is 2.72. The lowest BCUT2D eigenvalue weighted by molar-refractivity contribution is 0.599. The Morgan fingerprint density at radius 3 is 2.25 bits per heavy atom. The first-order valence-electron chi connectivity index (χ1n) is 7.39. The number of hydrogen-bond donors (Lipinski definition) is 0. The van der Waals surface area contributed by atoms with Crippen molar-refractivity contribution < 1.29 is 12.8 Å². The van der Waals surface area contributed by atoms with Crippen LogP contribution in [0.15, 0.2) is 30.8 Å². The second-order valence-corrected chi connectivity index (χ2v) is 7.78. The molecule has 0 saturated carbocycles. The highest BCUT2D eigenvalue weighted by Crippen LogP contribution is 2.31. The molecule has 0 aliphatic carbocycles. The Labute approximate surface area is 141 Å². The van der Waals surface area contributed by atoms with Gasteiger partial charge in [0.2, 0.25) is 16.0 Å². The van der Waals surface area contributed by atoms with E-state index in [4.69, 9.17) is 0 Å². The molecule has 0 atom stereocenters. The molecule has 0 amide bonds. The van der Waals surface area contributed by atoms with Crippen LogP contribution in [0.25, 0.3) is 17.3 Å². The average molecular weight is 349 g/mol. The fourth-order valence-corrected chi connectivity index (χ4v) is 2.61. The highest BCUT2D eigenvalue weighted by atomic mass is 32.2. The van der Waals surface area contributed by atoms with Crippen LogP contribution in [-0.4, -0.2) is 31.7 Å². The maximum absolute atomic E-state index is 13.2. The first-order chi connectivity index (χ1) is 11.1. The minimum atomic E-state index is -3.50. The van der Waals surface area contributed by atoms with Crippen LogP contribution >= 0.6 is 0 Å². The Hall–Kier alpha value is -2.28. The molecule has 1 heterocycles. The molecule has 0 fully saturated rings. The predicted octanol–water partition coefficient (Wildman–Crippen LogP) is 3.44. The molecule has 128 valence electrons. The molecular formula is C17H20FN3O2S. The Kier molecular flexibility index (Phi) is 5.03. The monoisotopic (exact) mass is 349 g/mol. The van der Waals surface area contributed by atoms with Crippen LogP contribution in [0.2, 0.25) is 0 Å². The predicted molar refractivity (Wildman–Crippen MR) is 94.9 cm³/mol. The van der Waals surface area contributed by atoms with Gasteiger partial charge in [-0.2, -0.15) is 0 Å². The van der Waals surface area contributed by atoms with Crippen LogP contribution in [0.5, 0.6) is 0 Å². The van der Waals surface area contributed by atoms with Crippen LogP contribution < -0.4 is 4.31 Å². The van der Waals surface area contributed by atoms with E-state index in [9.17, 15) is 12.8 Å². The third-order valence-electron chi connectivity index (χ3n) is 3.61. The third-order valence-corrected chi connectivity index (χ3v) is 4.77. The maximum Gasteiger partial charge on any atom is 0.239 e. The van der Waals surface area contributed by atoms with Gasteiger partial charge < -0.3 is 0 Å². The van der Waals surface area contributed by atoms with E-state index in [1.807, 2.05) is 13.8 Å². The molecule has 7 heteroatoms. The summed E-state index contributed by atoms with van der Waals surface area (Å²) >= 11 is 0. The van der Waals surface area contributed by atoms with Crippen LogP contribution in [0, 0.1) is 5.82 Å². The van der Waals surface area contributed by atoms with Crippen molar-refractivity contribution in [2.75, 3.05) is 17.6 Å². The molecule has 0 bridgehead atoms. The zero-order chi connectivity index (χ0) is 18.1. The molecule has 2 aromatic rings. The third kappa shape index (κ3) is 3.62. The van der Waals surface area contributed by atoms with E-state index in [1.54, 1.807) is 18.2 Å². The minimum Gasteiger partial charge on any atom is -0.241 e. The molecule has 24 heavy (non-hydrogen) atoms. The molecule has 0 saturated heterocycles. The Balaban J connectivity index is 2.78. The zero-order valence-corrected chi connectivity index (χ0v) is 14.9. The van der Waals surface area contributed by atoms with Gasteiger partial charge in [0.15, 0.2) is 0 Å². The molecule has 0 spiro atoms. The number of hydrogen-bond acceptors (Lipinski definition) is 4. The van der Waals surface area contributed by atoms with E-state index in [1.165, 1.54) is 19.2 Å². The number of anilines is 1. The van der Waals surface area contributed by atoms with Crippen molar-refractivity contribution in [3.05, 3.63) is 47.9 Å². The lowest BCUT2D eigenvalue weighted by atomic mass is 9.98. The maximum atomic E-state index is 13.2. The van der Waals surface area contributed by atoms with Crippen LogP contribution in [0.3, 0.4) is 0 Å². The van der Waals surface area contributed by atoms with E-state index in [-0.39, 0.29) is 17.7 Å². The highest BCUT2D eigenvalue weighted by Gasteiger charge is 2.21. The highest BCUT2D eigenvalue weighted by molar-refractivity contribution is 7.92. The van der Waals surface area contributed by atoms with E-state index in [0.717, 1.165) is 10.6 Å². The van der Waals surface area contributed by atoms with Gasteiger partial charge in [-0.25, -0.2) is 27.1 Å². The van der Waals surface area contributed by atoms with Crippen molar-refractivity contribution >= 4 is 22.0 Å². The first-order valence-corrected chi connectivity index (χ1v) is 9.24. The Bertz CT molecular complexity index is 862. The van der Waals surface area contributed by atoms with Crippen molar-refractivity contribution in [1.82, 2.24) is 9.97 Å². The van der Waals surface area contributed by atoms with Gasteiger partial charge in [0.25, 0.3) is 0 Å². The Morgan fingerprint density at radius 1 is 1.21 bits per heavy atom. The molecule has 0 N–H and O–H groups in total. The van der Waals surface area contributed by atoms with Crippen molar-refractivity contribution in [2.24, 2.45) is 0 Å². The standard InChI is InChI=1S/C17H20FN3O2S/c1-6-14-15(11(2)3)19-17(21(4)24(5,22)23)20-16(14)12-7-9-13(18)10-8-12/h6-11H,1H2,2-5H3. The van der Waals surface area contributed by atoms with Crippen molar-refractivity contribution in [2.45, 2.75) is 19.8 Å². The SMILES string of the molecule is C=Cc1c(-c2ccc(F)cc2)nc(N(C)S(C)(=O)=O)nc1C(C)C. The van der Waals surface area contributed by atoms with Gasteiger partial charge in [0.1, 0.15) is 5.82 Å². The van der Waals surface area contributed by atoms with Gasteiger partial charge in [-0.15, -0.1) is 0 Å². The summed E-state index contributed by atoms with van der Waals surface area (Å²) in [5, 5.41) is 0. The molecule has 0 radical (unpaired) electrons. The summed E-state index contributed by atoms with van der Waals surface area (Å²) in [7, 11) is -2.10. The minimum absolute atomic E-state index is 0.0342. The van der Waals surface area contributed by atoms with Crippen LogP contribution in [0.1, 0.15) is 31.0 Å². The first kappa shape index (κ1) is 18.1. The quantitative estimate of drug-likeness (QED) is 0.829. The van der Waals surface area contributed by atoms with Gasteiger partial charge in [-0.3, -0.25) is 0 Å².